The Morgan fingerprint density at radius 1 is 1.17 bits per heavy atom. The summed E-state index contributed by atoms with van der Waals surface area (Å²) in [6.45, 7) is 2.02. The largest absolute Gasteiger partial charge is 0.424 e. The van der Waals surface area contributed by atoms with Crippen LogP contribution in [-0.2, 0) is 4.79 Å². The minimum absolute atomic E-state index is 0.267. The lowest BCUT2D eigenvalue weighted by atomic mass is 9.89. The zero-order chi connectivity index (χ0) is 20.8. The predicted molar refractivity (Wildman–Crippen MR) is 119 cm³/mol. The quantitative estimate of drug-likeness (QED) is 0.281. The standard InChI is InChI=1S/C20H14Br2N4O3S/c1-9-2-4-10(5-3-9)18-25-26-20(29-18)30-8-14-15-16(24-23-14)12-6-11(21)7-13(22)17(12)28-19(15)27/h2-7,15-16,24H,8H2,1H3. The first-order chi connectivity index (χ1) is 14.5. The number of aromatic nitrogens is 2. The molecule has 7 nitrogen and oxygen atoms in total. The average Bonchev–Trinajstić information content (AvgIpc) is 3.36. The second-order valence-corrected chi connectivity index (χ2v) is 9.64. The van der Waals surface area contributed by atoms with E-state index in [9.17, 15) is 4.79 Å². The molecule has 0 saturated carbocycles. The van der Waals surface area contributed by atoms with Gasteiger partial charge in [0.2, 0.25) is 5.89 Å². The third kappa shape index (κ3) is 3.57. The lowest BCUT2D eigenvalue weighted by Gasteiger charge is -2.27. The molecule has 5 rings (SSSR count). The van der Waals surface area contributed by atoms with Crippen molar-refractivity contribution >= 4 is 55.3 Å². The molecule has 2 aromatic carbocycles. The summed E-state index contributed by atoms with van der Waals surface area (Å²) in [5.74, 6) is 0.600. The van der Waals surface area contributed by atoms with Crippen molar-refractivity contribution in [1.82, 2.24) is 15.6 Å². The summed E-state index contributed by atoms with van der Waals surface area (Å²) in [4.78, 5) is 12.7. The van der Waals surface area contributed by atoms with Gasteiger partial charge in [0.25, 0.3) is 5.22 Å². The minimum Gasteiger partial charge on any atom is -0.424 e. The van der Waals surface area contributed by atoms with Crippen LogP contribution in [0, 0.1) is 12.8 Å². The van der Waals surface area contributed by atoms with Crippen LogP contribution in [0.1, 0.15) is 17.2 Å². The first-order valence-electron chi connectivity index (χ1n) is 9.05. The molecule has 2 unspecified atom stereocenters. The number of rotatable bonds is 4. The summed E-state index contributed by atoms with van der Waals surface area (Å²) < 4.78 is 13.0. The molecular weight excluding hydrogens is 536 g/mol. The monoisotopic (exact) mass is 548 g/mol. The molecule has 152 valence electrons. The van der Waals surface area contributed by atoms with E-state index < -0.39 is 5.92 Å². The molecule has 0 fully saturated rings. The average molecular weight is 550 g/mol. The first kappa shape index (κ1) is 19.8. The minimum atomic E-state index is -0.495. The van der Waals surface area contributed by atoms with Crippen LogP contribution in [0.15, 0.2) is 60.1 Å². The van der Waals surface area contributed by atoms with Gasteiger partial charge in [-0.25, -0.2) is 0 Å². The lowest BCUT2D eigenvalue weighted by molar-refractivity contribution is -0.138. The number of fused-ring (bicyclic) bond motifs is 3. The van der Waals surface area contributed by atoms with E-state index in [1.807, 2.05) is 43.3 Å². The number of esters is 1. The third-order valence-corrected chi connectivity index (χ3v) is 6.82. The van der Waals surface area contributed by atoms with E-state index in [4.69, 9.17) is 9.15 Å². The van der Waals surface area contributed by atoms with Gasteiger partial charge in [-0.2, -0.15) is 5.10 Å². The lowest BCUT2D eigenvalue weighted by Crippen LogP contribution is -2.37. The molecule has 2 aliphatic rings. The number of thioether (sulfide) groups is 1. The number of nitrogens with zero attached hydrogens (tertiary/aromatic N) is 3. The van der Waals surface area contributed by atoms with E-state index in [0.717, 1.165) is 25.6 Å². The van der Waals surface area contributed by atoms with E-state index >= 15 is 0 Å². The van der Waals surface area contributed by atoms with Crippen LogP contribution in [0.4, 0.5) is 0 Å². The Balaban J connectivity index is 1.31. The highest BCUT2D eigenvalue weighted by Crippen LogP contribution is 2.45. The van der Waals surface area contributed by atoms with E-state index in [1.54, 1.807) is 0 Å². The van der Waals surface area contributed by atoms with Crippen molar-refractivity contribution in [2.24, 2.45) is 11.0 Å². The van der Waals surface area contributed by atoms with Crippen LogP contribution in [0.2, 0.25) is 0 Å². The van der Waals surface area contributed by atoms with Crippen LogP contribution in [0.3, 0.4) is 0 Å². The molecule has 2 aliphatic heterocycles. The normalized spacial score (nSPS) is 19.6. The van der Waals surface area contributed by atoms with Crippen molar-refractivity contribution in [3.63, 3.8) is 0 Å². The first-order valence-corrected chi connectivity index (χ1v) is 11.6. The van der Waals surface area contributed by atoms with E-state index in [0.29, 0.717) is 28.3 Å². The number of hydrazone groups is 1. The summed E-state index contributed by atoms with van der Waals surface area (Å²) in [5, 5.41) is 13.0. The van der Waals surface area contributed by atoms with Gasteiger partial charge in [0, 0.05) is 21.4 Å². The number of hydrogen-bond donors (Lipinski definition) is 1. The molecule has 2 atom stereocenters. The highest BCUT2D eigenvalue weighted by atomic mass is 79.9. The van der Waals surface area contributed by atoms with Gasteiger partial charge in [-0.05, 0) is 47.1 Å². The van der Waals surface area contributed by atoms with Crippen molar-refractivity contribution in [2.45, 2.75) is 18.2 Å². The summed E-state index contributed by atoms with van der Waals surface area (Å²) in [6, 6.07) is 11.4. The number of carbonyl (C=O) groups excluding carboxylic acids is 1. The molecule has 0 spiro atoms. The summed E-state index contributed by atoms with van der Waals surface area (Å²) in [6.07, 6.45) is 0. The maximum atomic E-state index is 12.7. The number of nitrogens with one attached hydrogen (secondary N) is 1. The molecule has 3 heterocycles. The summed E-state index contributed by atoms with van der Waals surface area (Å²) in [7, 11) is 0. The fourth-order valence-electron chi connectivity index (χ4n) is 3.43. The second kappa shape index (κ2) is 7.82. The molecule has 0 aliphatic carbocycles. The maximum Gasteiger partial charge on any atom is 0.322 e. The fraction of sp³-hybridized carbons (Fsp3) is 0.200. The Kier molecular flexibility index (Phi) is 5.16. The molecule has 3 aromatic rings. The van der Waals surface area contributed by atoms with Gasteiger partial charge in [-0.1, -0.05) is 45.4 Å². The highest BCUT2D eigenvalue weighted by molar-refractivity contribution is 9.11. The second-order valence-electron chi connectivity index (χ2n) is 6.94. The zero-order valence-corrected chi connectivity index (χ0v) is 19.5. The van der Waals surface area contributed by atoms with Crippen molar-refractivity contribution in [2.75, 3.05) is 5.75 Å². The maximum absolute atomic E-state index is 12.7. The van der Waals surface area contributed by atoms with E-state index in [1.165, 1.54) is 11.8 Å². The number of hydrogen-bond acceptors (Lipinski definition) is 8. The SMILES string of the molecule is Cc1ccc(-c2nnc(SCC3=NNC4c5cc(Br)cc(Br)c5OC(=O)C34)o2)cc1. The Hall–Kier alpha value is -2.17. The van der Waals surface area contributed by atoms with Crippen LogP contribution >= 0.6 is 43.6 Å². The molecule has 0 bridgehead atoms. The van der Waals surface area contributed by atoms with Gasteiger partial charge in [0.15, 0.2) is 5.75 Å². The molecule has 10 heteroatoms. The zero-order valence-electron chi connectivity index (χ0n) is 15.6. The molecular formula is C20H14Br2N4O3S. The van der Waals surface area contributed by atoms with Crippen LogP contribution in [-0.4, -0.2) is 27.6 Å². The Morgan fingerprint density at radius 3 is 2.77 bits per heavy atom. The summed E-state index contributed by atoms with van der Waals surface area (Å²) >= 11 is 8.29. The van der Waals surface area contributed by atoms with Gasteiger partial charge in [0.05, 0.1) is 16.2 Å². The highest BCUT2D eigenvalue weighted by Gasteiger charge is 2.45. The number of aryl methyl sites for hydroxylation is 1. The Bertz CT molecular complexity index is 1180. The van der Waals surface area contributed by atoms with Crippen molar-refractivity contribution < 1.29 is 13.9 Å². The molecule has 1 N–H and O–H groups in total. The Labute approximate surface area is 192 Å². The molecule has 1 aromatic heterocycles. The smallest absolute Gasteiger partial charge is 0.322 e. The topological polar surface area (TPSA) is 89.6 Å². The fourth-order valence-corrected chi connectivity index (χ4v) is 5.52. The van der Waals surface area contributed by atoms with Gasteiger partial charge < -0.3 is 14.6 Å². The number of ether oxygens (including phenoxy) is 1. The van der Waals surface area contributed by atoms with Crippen LogP contribution in [0.5, 0.6) is 5.75 Å². The predicted octanol–water partition coefficient (Wildman–Crippen LogP) is 4.90. The van der Waals surface area contributed by atoms with Crippen molar-refractivity contribution in [3.8, 4) is 17.2 Å². The third-order valence-electron chi connectivity index (χ3n) is 4.92. The van der Waals surface area contributed by atoms with Gasteiger partial charge in [-0.3, -0.25) is 4.79 Å². The van der Waals surface area contributed by atoms with Crippen molar-refractivity contribution in [1.29, 1.82) is 0 Å². The number of halogens is 2. The van der Waals surface area contributed by atoms with Gasteiger partial charge in [-0.15, -0.1) is 10.2 Å². The van der Waals surface area contributed by atoms with Gasteiger partial charge >= 0.3 is 5.97 Å². The number of benzene rings is 2. The summed E-state index contributed by atoms with van der Waals surface area (Å²) in [5.41, 5.74) is 6.68. The molecule has 0 amide bonds. The van der Waals surface area contributed by atoms with Crippen LogP contribution < -0.4 is 10.2 Å². The molecule has 30 heavy (non-hydrogen) atoms. The van der Waals surface area contributed by atoms with Crippen molar-refractivity contribution in [3.05, 3.63) is 56.5 Å². The van der Waals surface area contributed by atoms with E-state index in [2.05, 4.69) is 52.6 Å². The van der Waals surface area contributed by atoms with E-state index in [-0.39, 0.29) is 12.0 Å². The number of carbonyl (C=O) groups is 1. The van der Waals surface area contributed by atoms with Gasteiger partial charge in [0.1, 0.15) is 5.92 Å². The molecule has 0 saturated heterocycles. The Morgan fingerprint density at radius 2 is 1.97 bits per heavy atom. The molecule has 0 radical (unpaired) electrons. The van der Waals surface area contributed by atoms with Crippen LogP contribution in [0.25, 0.3) is 11.5 Å².